The van der Waals surface area contributed by atoms with Crippen LogP contribution in [0.2, 0.25) is 0 Å². The van der Waals surface area contributed by atoms with E-state index in [9.17, 15) is 0 Å². The summed E-state index contributed by atoms with van der Waals surface area (Å²) in [4.78, 5) is 14.6. The molecule has 2 aromatic heterocycles. The predicted octanol–water partition coefficient (Wildman–Crippen LogP) is 0.195. The van der Waals surface area contributed by atoms with Crippen LogP contribution in [0.3, 0.4) is 0 Å². The molecule has 5 heteroatoms. The molecule has 5 nitrogen and oxygen atoms in total. The fourth-order valence-corrected chi connectivity index (χ4v) is 0.898. The van der Waals surface area contributed by atoms with Gasteiger partial charge in [-0.3, -0.25) is 0 Å². The minimum absolute atomic E-state index is 0.691. The second-order valence-corrected chi connectivity index (χ2v) is 2.02. The standard InChI is InChI=1S/C6H6N5/c1-7-5-4-6(10-2-8-4)11-3-9-5/h2H,1H3,(H2,7,8,9,10,11). The van der Waals surface area contributed by atoms with Gasteiger partial charge in [0.2, 0.25) is 6.33 Å². The Morgan fingerprint density at radius 1 is 1.55 bits per heavy atom. The van der Waals surface area contributed by atoms with Gasteiger partial charge in [0.1, 0.15) is 5.52 Å². The Hall–Kier alpha value is -1.65. The van der Waals surface area contributed by atoms with Crippen molar-refractivity contribution in [2.75, 3.05) is 12.4 Å². The summed E-state index contributed by atoms with van der Waals surface area (Å²) in [7, 11) is 1.78. The summed E-state index contributed by atoms with van der Waals surface area (Å²) >= 11 is 0. The van der Waals surface area contributed by atoms with Crippen LogP contribution in [-0.4, -0.2) is 27.0 Å². The molecule has 0 spiro atoms. The summed E-state index contributed by atoms with van der Waals surface area (Å²) in [5, 5.41) is 2.89. The van der Waals surface area contributed by atoms with Gasteiger partial charge in [-0.25, -0.2) is 15.0 Å². The smallest absolute Gasteiger partial charge is 0.201 e. The molecule has 0 saturated heterocycles. The zero-order valence-corrected chi connectivity index (χ0v) is 5.92. The molecule has 0 aromatic carbocycles. The number of hydrogen-bond donors (Lipinski definition) is 2. The molecule has 0 atom stereocenters. The number of fused-ring (bicyclic) bond motifs is 1. The van der Waals surface area contributed by atoms with Crippen molar-refractivity contribution < 1.29 is 0 Å². The van der Waals surface area contributed by atoms with Gasteiger partial charge in [0.15, 0.2) is 11.5 Å². The number of aromatic nitrogens is 4. The van der Waals surface area contributed by atoms with Crippen molar-refractivity contribution >= 4 is 17.0 Å². The highest BCUT2D eigenvalue weighted by atomic mass is 15.1. The van der Waals surface area contributed by atoms with Crippen LogP contribution in [0.25, 0.3) is 11.2 Å². The van der Waals surface area contributed by atoms with Crippen LogP contribution in [-0.2, 0) is 0 Å². The van der Waals surface area contributed by atoms with E-state index in [1.807, 2.05) is 0 Å². The maximum atomic E-state index is 4.03. The summed E-state index contributed by atoms with van der Waals surface area (Å²) in [5.74, 6) is 0.691. The first-order valence-electron chi connectivity index (χ1n) is 3.16. The van der Waals surface area contributed by atoms with E-state index in [0.29, 0.717) is 11.5 Å². The number of aromatic amines is 1. The average molecular weight is 148 g/mol. The molecule has 0 fully saturated rings. The minimum atomic E-state index is 0.691. The summed E-state index contributed by atoms with van der Waals surface area (Å²) in [6, 6.07) is 0. The first-order chi connectivity index (χ1) is 5.42. The normalized spacial score (nSPS) is 10.3. The van der Waals surface area contributed by atoms with Gasteiger partial charge >= 0.3 is 0 Å². The van der Waals surface area contributed by atoms with Crippen LogP contribution in [0, 0.1) is 6.33 Å². The summed E-state index contributed by atoms with van der Waals surface area (Å²) in [6.45, 7) is 0. The lowest BCUT2D eigenvalue weighted by atomic mass is 10.5. The fourth-order valence-electron chi connectivity index (χ4n) is 0.898. The van der Waals surface area contributed by atoms with Crippen LogP contribution in [0.15, 0.2) is 6.33 Å². The van der Waals surface area contributed by atoms with E-state index in [-0.39, 0.29) is 0 Å². The lowest BCUT2D eigenvalue weighted by Crippen LogP contribution is -1.94. The number of rotatable bonds is 1. The second-order valence-electron chi connectivity index (χ2n) is 2.02. The van der Waals surface area contributed by atoms with Crippen molar-refractivity contribution in [3.8, 4) is 0 Å². The SMILES string of the molecule is CNc1n[c]nc2[nH]cnc12. The number of hydrogen-bond acceptors (Lipinski definition) is 4. The van der Waals surface area contributed by atoms with Gasteiger partial charge in [0.25, 0.3) is 0 Å². The Morgan fingerprint density at radius 3 is 3.27 bits per heavy atom. The van der Waals surface area contributed by atoms with Crippen molar-refractivity contribution in [1.29, 1.82) is 0 Å². The zero-order valence-electron chi connectivity index (χ0n) is 5.92. The van der Waals surface area contributed by atoms with Crippen LogP contribution in [0.4, 0.5) is 5.82 Å². The molecule has 2 heterocycles. The molecular weight excluding hydrogens is 142 g/mol. The van der Waals surface area contributed by atoms with E-state index >= 15 is 0 Å². The van der Waals surface area contributed by atoms with Crippen LogP contribution < -0.4 is 5.32 Å². The molecule has 55 valence electrons. The largest absolute Gasteiger partial charge is 0.371 e. The molecule has 0 aliphatic heterocycles. The molecule has 11 heavy (non-hydrogen) atoms. The Morgan fingerprint density at radius 2 is 2.45 bits per heavy atom. The molecule has 0 aliphatic carbocycles. The second kappa shape index (κ2) is 2.19. The van der Waals surface area contributed by atoms with Crippen molar-refractivity contribution in [3.05, 3.63) is 12.7 Å². The number of nitrogens with zero attached hydrogens (tertiary/aromatic N) is 3. The fraction of sp³-hybridized carbons (Fsp3) is 0.167. The molecule has 0 amide bonds. The average Bonchev–Trinajstić information content (AvgIpc) is 2.50. The Bertz CT molecular complexity index is 366. The predicted molar refractivity (Wildman–Crippen MR) is 40.1 cm³/mol. The summed E-state index contributed by atoms with van der Waals surface area (Å²) in [6.07, 6.45) is 4.08. The highest BCUT2D eigenvalue weighted by Crippen LogP contribution is 2.12. The molecule has 0 unspecified atom stereocenters. The molecule has 1 radical (unpaired) electrons. The van der Waals surface area contributed by atoms with E-state index in [4.69, 9.17) is 0 Å². The van der Waals surface area contributed by atoms with Gasteiger partial charge in [-0.1, -0.05) is 0 Å². The van der Waals surface area contributed by atoms with Gasteiger partial charge in [0, 0.05) is 7.05 Å². The van der Waals surface area contributed by atoms with Gasteiger partial charge in [-0.15, -0.1) is 0 Å². The van der Waals surface area contributed by atoms with E-state index < -0.39 is 0 Å². The number of nitrogens with one attached hydrogen (secondary N) is 2. The highest BCUT2D eigenvalue weighted by Gasteiger charge is 2.02. The number of imidazole rings is 1. The van der Waals surface area contributed by atoms with Crippen LogP contribution in [0.5, 0.6) is 0 Å². The van der Waals surface area contributed by atoms with Gasteiger partial charge in [-0.2, -0.15) is 0 Å². The first-order valence-corrected chi connectivity index (χ1v) is 3.16. The van der Waals surface area contributed by atoms with Gasteiger partial charge < -0.3 is 10.3 Å². The monoisotopic (exact) mass is 148 g/mol. The first kappa shape index (κ1) is 6.09. The third-order valence-corrected chi connectivity index (χ3v) is 1.40. The quantitative estimate of drug-likeness (QED) is 0.606. The summed E-state index contributed by atoms with van der Waals surface area (Å²) < 4.78 is 0. The third-order valence-electron chi connectivity index (χ3n) is 1.40. The van der Waals surface area contributed by atoms with Gasteiger partial charge in [0.05, 0.1) is 6.33 Å². The van der Waals surface area contributed by atoms with Crippen LogP contribution >= 0.6 is 0 Å². The maximum Gasteiger partial charge on any atom is 0.201 e. The van der Waals surface area contributed by atoms with E-state index in [2.05, 4.69) is 31.6 Å². The lowest BCUT2D eigenvalue weighted by molar-refractivity contribution is 1.17. The molecule has 0 bridgehead atoms. The van der Waals surface area contributed by atoms with E-state index in [1.165, 1.54) is 0 Å². The van der Waals surface area contributed by atoms with Crippen molar-refractivity contribution in [2.24, 2.45) is 0 Å². The molecule has 2 aromatic rings. The molecule has 0 aliphatic rings. The Labute approximate surface area is 62.9 Å². The third kappa shape index (κ3) is 0.813. The maximum absolute atomic E-state index is 4.03. The van der Waals surface area contributed by atoms with Crippen molar-refractivity contribution in [3.63, 3.8) is 0 Å². The molecule has 2 rings (SSSR count). The number of H-pyrrole nitrogens is 1. The van der Waals surface area contributed by atoms with Crippen molar-refractivity contribution in [2.45, 2.75) is 0 Å². The highest BCUT2D eigenvalue weighted by molar-refractivity contribution is 5.81. The lowest BCUT2D eigenvalue weighted by Gasteiger charge is -1.95. The Kier molecular flexibility index (Phi) is 1.21. The van der Waals surface area contributed by atoms with Crippen molar-refractivity contribution in [1.82, 2.24) is 19.9 Å². The van der Waals surface area contributed by atoms with E-state index in [1.54, 1.807) is 13.4 Å². The summed E-state index contributed by atoms with van der Waals surface area (Å²) in [5.41, 5.74) is 1.44. The zero-order chi connectivity index (χ0) is 7.68. The molecular formula is C6H6N5. The minimum Gasteiger partial charge on any atom is -0.371 e. The van der Waals surface area contributed by atoms with E-state index in [0.717, 1.165) is 5.52 Å². The Balaban J connectivity index is 2.79. The molecule has 2 N–H and O–H groups in total. The number of anilines is 1. The van der Waals surface area contributed by atoms with Gasteiger partial charge in [-0.05, 0) is 0 Å². The molecule has 0 saturated carbocycles. The topological polar surface area (TPSA) is 66.5 Å². The van der Waals surface area contributed by atoms with Crippen LogP contribution in [0.1, 0.15) is 0 Å².